The van der Waals surface area contributed by atoms with E-state index >= 15 is 0 Å². The molecule has 0 saturated heterocycles. The van der Waals surface area contributed by atoms with Gasteiger partial charge >= 0.3 is 0 Å². The van der Waals surface area contributed by atoms with E-state index in [2.05, 4.69) is 5.32 Å². The largest absolute Gasteiger partial charge is 0.497 e. The number of imide groups is 1. The highest BCUT2D eigenvalue weighted by Crippen LogP contribution is 2.40. The molecule has 3 aromatic rings. The van der Waals surface area contributed by atoms with Gasteiger partial charge < -0.3 is 14.8 Å². The number of carbonyl (C=O) groups excluding carboxylic acids is 2. The number of ether oxygens (including phenoxy) is 2. The first kappa shape index (κ1) is 20.1. The second-order valence-corrected chi connectivity index (χ2v) is 7.84. The average molecular weight is 429 g/mol. The molecule has 0 spiro atoms. The Labute approximate surface area is 186 Å². The summed E-state index contributed by atoms with van der Waals surface area (Å²) >= 11 is 0. The van der Waals surface area contributed by atoms with Crippen LogP contribution in [0.3, 0.4) is 0 Å². The van der Waals surface area contributed by atoms with Crippen molar-refractivity contribution in [3.8, 4) is 11.5 Å². The Hall–Kier alpha value is -3.87. The molecule has 1 unspecified atom stereocenters. The van der Waals surface area contributed by atoms with Crippen LogP contribution >= 0.6 is 0 Å². The summed E-state index contributed by atoms with van der Waals surface area (Å²) in [5.41, 5.74) is 3.79. The van der Waals surface area contributed by atoms with Gasteiger partial charge in [0, 0.05) is 23.9 Å². The summed E-state index contributed by atoms with van der Waals surface area (Å²) in [4.78, 5) is 31.9. The summed E-state index contributed by atoms with van der Waals surface area (Å²) in [5.74, 6) is 1.77. The highest BCUT2D eigenvalue weighted by molar-refractivity contribution is 6.21. The maximum Gasteiger partial charge on any atom is 0.262 e. The Kier molecular flexibility index (Phi) is 5.01. The van der Waals surface area contributed by atoms with E-state index in [1.54, 1.807) is 38.5 Å². The van der Waals surface area contributed by atoms with Gasteiger partial charge in [-0.15, -0.1) is 0 Å². The summed E-state index contributed by atoms with van der Waals surface area (Å²) in [7, 11) is 3.25. The molecule has 2 aromatic carbocycles. The Morgan fingerprint density at radius 3 is 2.44 bits per heavy atom. The second kappa shape index (κ2) is 8.00. The monoisotopic (exact) mass is 429 g/mol. The maximum absolute atomic E-state index is 12.9. The molecular weight excluding hydrogens is 406 g/mol. The Morgan fingerprint density at radius 2 is 1.75 bits per heavy atom. The lowest BCUT2D eigenvalue weighted by molar-refractivity contribution is 0.0582. The smallest absolute Gasteiger partial charge is 0.262 e. The minimum atomic E-state index is -0.277. The molecule has 7 heteroatoms. The van der Waals surface area contributed by atoms with Crippen LogP contribution in [0.4, 0.5) is 5.82 Å². The quantitative estimate of drug-likeness (QED) is 0.597. The zero-order valence-corrected chi connectivity index (χ0v) is 17.9. The third kappa shape index (κ3) is 3.26. The first-order valence-electron chi connectivity index (χ1n) is 10.5. The predicted octanol–water partition coefficient (Wildman–Crippen LogP) is 3.99. The summed E-state index contributed by atoms with van der Waals surface area (Å²) in [6.07, 6.45) is 1.40. The van der Waals surface area contributed by atoms with Crippen molar-refractivity contribution in [2.45, 2.75) is 25.4 Å². The van der Waals surface area contributed by atoms with Crippen LogP contribution in [-0.2, 0) is 13.0 Å². The number of hydrogen-bond acceptors (Lipinski definition) is 6. The summed E-state index contributed by atoms with van der Waals surface area (Å²) < 4.78 is 10.7. The van der Waals surface area contributed by atoms with E-state index in [4.69, 9.17) is 14.5 Å². The van der Waals surface area contributed by atoms with Crippen LogP contribution in [0.2, 0.25) is 0 Å². The van der Waals surface area contributed by atoms with Crippen molar-refractivity contribution in [1.82, 2.24) is 9.88 Å². The molecule has 162 valence electrons. The standard InChI is InChI=1S/C25H23N3O4/c1-31-16-8-7-15(22(13-16)32-2)14-26-23-12-9-19-20(27-23)10-11-21(19)28-24(29)17-5-3-4-6-18(17)25(28)30/h3-9,12-13,21H,10-11,14H2,1-2H3,(H,26,27). The van der Waals surface area contributed by atoms with E-state index in [9.17, 15) is 9.59 Å². The SMILES string of the molecule is COc1ccc(CNc2ccc3c(n2)CCC3N2C(=O)c3ccccc3C2=O)c(OC)c1. The number of anilines is 1. The third-order valence-electron chi connectivity index (χ3n) is 6.11. The fraction of sp³-hybridized carbons (Fsp3) is 0.240. The number of pyridine rings is 1. The molecule has 1 aliphatic heterocycles. The van der Waals surface area contributed by atoms with Gasteiger partial charge in [-0.2, -0.15) is 0 Å². The molecule has 2 aliphatic rings. The van der Waals surface area contributed by atoms with Gasteiger partial charge in [0.15, 0.2) is 0 Å². The van der Waals surface area contributed by atoms with Crippen molar-refractivity contribution >= 4 is 17.6 Å². The highest BCUT2D eigenvalue weighted by Gasteiger charge is 2.42. The molecule has 0 radical (unpaired) electrons. The van der Waals surface area contributed by atoms with Crippen molar-refractivity contribution < 1.29 is 19.1 Å². The van der Waals surface area contributed by atoms with Crippen LogP contribution in [0, 0.1) is 0 Å². The number of nitrogens with one attached hydrogen (secondary N) is 1. The summed E-state index contributed by atoms with van der Waals surface area (Å²) in [5, 5.41) is 3.34. The van der Waals surface area contributed by atoms with Gasteiger partial charge in [-0.05, 0) is 48.7 Å². The van der Waals surface area contributed by atoms with E-state index in [1.165, 1.54) is 4.90 Å². The summed E-state index contributed by atoms with van der Waals surface area (Å²) in [6, 6.07) is 16.3. The van der Waals surface area contributed by atoms with Crippen molar-refractivity contribution in [2.24, 2.45) is 0 Å². The van der Waals surface area contributed by atoms with Gasteiger partial charge in [-0.25, -0.2) is 4.98 Å². The third-order valence-corrected chi connectivity index (χ3v) is 6.11. The van der Waals surface area contributed by atoms with E-state index in [0.29, 0.717) is 24.1 Å². The second-order valence-electron chi connectivity index (χ2n) is 7.84. The Balaban J connectivity index is 1.34. The van der Waals surface area contributed by atoms with Crippen molar-refractivity contribution in [2.75, 3.05) is 19.5 Å². The molecule has 1 aliphatic carbocycles. The van der Waals surface area contributed by atoms with Gasteiger partial charge in [0.25, 0.3) is 11.8 Å². The summed E-state index contributed by atoms with van der Waals surface area (Å²) in [6.45, 7) is 0.542. The van der Waals surface area contributed by atoms with E-state index in [-0.39, 0.29) is 17.9 Å². The molecule has 32 heavy (non-hydrogen) atoms. The fourth-order valence-electron chi connectivity index (χ4n) is 4.49. The Morgan fingerprint density at radius 1 is 1.00 bits per heavy atom. The maximum atomic E-state index is 12.9. The zero-order valence-electron chi connectivity index (χ0n) is 17.9. The first-order chi connectivity index (χ1) is 15.6. The number of aryl methyl sites for hydroxylation is 1. The van der Waals surface area contributed by atoms with E-state index in [1.807, 2.05) is 30.3 Å². The highest BCUT2D eigenvalue weighted by atomic mass is 16.5. The molecule has 1 N–H and O–H groups in total. The molecule has 1 aromatic heterocycles. The van der Waals surface area contributed by atoms with Crippen molar-refractivity contribution in [3.05, 3.63) is 82.5 Å². The van der Waals surface area contributed by atoms with Crippen LogP contribution in [0.5, 0.6) is 11.5 Å². The number of rotatable bonds is 6. The van der Waals surface area contributed by atoms with Gasteiger partial charge in [-0.3, -0.25) is 14.5 Å². The lowest BCUT2D eigenvalue weighted by Crippen LogP contribution is -2.33. The number of carbonyl (C=O) groups is 2. The number of nitrogens with zero attached hydrogens (tertiary/aromatic N) is 2. The van der Waals surface area contributed by atoms with E-state index < -0.39 is 0 Å². The number of fused-ring (bicyclic) bond motifs is 2. The number of methoxy groups -OCH3 is 2. The molecule has 2 heterocycles. The van der Waals surface area contributed by atoms with Gasteiger partial charge in [0.05, 0.1) is 31.4 Å². The van der Waals surface area contributed by atoms with Crippen molar-refractivity contribution in [3.63, 3.8) is 0 Å². The van der Waals surface area contributed by atoms with Crippen LogP contribution < -0.4 is 14.8 Å². The van der Waals surface area contributed by atoms with Gasteiger partial charge in [-0.1, -0.05) is 18.2 Å². The molecular formula is C25H23N3O4. The number of benzene rings is 2. The van der Waals surface area contributed by atoms with E-state index in [0.717, 1.165) is 40.6 Å². The van der Waals surface area contributed by atoms with Crippen LogP contribution in [0.1, 0.15) is 50.0 Å². The average Bonchev–Trinajstić information content (AvgIpc) is 3.35. The van der Waals surface area contributed by atoms with Crippen molar-refractivity contribution in [1.29, 1.82) is 0 Å². The van der Waals surface area contributed by atoms with Crippen LogP contribution in [-0.4, -0.2) is 35.9 Å². The predicted molar refractivity (Wildman–Crippen MR) is 119 cm³/mol. The first-order valence-corrected chi connectivity index (χ1v) is 10.5. The van der Waals surface area contributed by atoms with Gasteiger partial charge in [0.1, 0.15) is 17.3 Å². The minimum absolute atomic E-state index is 0.225. The van der Waals surface area contributed by atoms with Gasteiger partial charge in [0.2, 0.25) is 0 Å². The molecule has 2 amide bonds. The number of aromatic nitrogens is 1. The molecule has 1 atom stereocenters. The lowest BCUT2D eigenvalue weighted by atomic mass is 10.1. The molecule has 7 nitrogen and oxygen atoms in total. The molecule has 5 rings (SSSR count). The zero-order chi connectivity index (χ0) is 22.2. The number of amides is 2. The topological polar surface area (TPSA) is 80.8 Å². The van der Waals surface area contributed by atoms with Crippen LogP contribution in [0.15, 0.2) is 54.6 Å². The lowest BCUT2D eigenvalue weighted by Gasteiger charge is -2.22. The molecule has 0 fully saturated rings. The normalized spacial score (nSPS) is 16.7. The molecule has 0 saturated carbocycles. The van der Waals surface area contributed by atoms with Crippen LogP contribution in [0.25, 0.3) is 0 Å². The number of hydrogen-bond donors (Lipinski definition) is 1. The Bertz CT molecular complexity index is 1190. The molecule has 0 bridgehead atoms. The minimum Gasteiger partial charge on any atom is -0.497 e. The fourth-order valence-corrected chi connectivity index (χ4v) is 4.49.